The average molecular weight is 292 g/mol. The highest BCUT2D eigenvalue weighted by Gasteiger charge is 2.28. The third-order valence-electron chi connectivity index (χ3n) is 3.80. The van der Waals surface area contributed by atoms with Crippen molar-refractivity contribution in [2.24, 2.45) is 5.73 Å². The van der Waals surface area contributed by atoms with Gasteiger partial charge in [0.05, 0.1) is 17.8 Å². The predicted octanol–water partition coefficient (Wildman–Crippen LogP) is 2.47. The quantitative estimate of drug-likeness (QED) is 0.874. The highest BCUT2D eigenvalue weighted by molar-refractivity contribution is 5.99. The molecule has 2 rings (SSSR count). The van der Waals surface area contributed by atoms with E-state index in [1.165, 1.54) is 0 Å². The van der Waals surface area contributed by atoms with Crippen LogP contribution in [0.1, 0.15) is 39.7 Å². The van der Waals surface area contributed by atoms with E-state index in [0.29, 0.717) is 24.5 Å². The third-order valence-corrected chi connectivity index (χ3v) is 3.80. The SMILES string of the molecule is CCOc1cc2c(cc1NC(=O)C(C)(N)CC)OC(C)C2. The lowest BCUT2D eigenvalue weighted by Crippen LogP contribution is -2.47. The summed E-state index contributed by atoms with van der Waals surface area (Å²) in [5.41, 5.74) is 6.79. The van der Waals surface area contributed by atoms with Gasteiger partial charge in [-0.1, -0.05) is 6.92 Å². The zero-order valence-electron chi connectivity index (χ0n) is 13.2. The van der Waals surface area contributed by atoms with Crippen molar-refractivity contribution in [2.75, 3.05) is 11.9 Å². The van der Waals surface area contributed by atoms with Crippen molar-refractivity contribution in [2.45, 2.75) is 52.2 Å². The number of hydrogen-bond donors (Lipinski definition) is 2. The van der Waals surface area contributed by atoms with E-state index in [2.05, 4.69) is 5.32 Å². The Kier molecular flexibility index (Phi) is 4.42. The topological polar surface area (TPSA) is 73.6 Å². The monoisotopic (exact) mass is 292 g/mol. The van der Waals surface area contributed by atoms with Crippen LogP contribution in [0.2, 0.25) is 0 Å². The van der Waals surface area contributed by atoms with Crippen molar-refractivity contribution in [3.05, 3.63) is 17.7 Å². The molecule has 2 unspecified atom stereocenters. The third kappa shape index (κ3) is 3.29. The fraction of sp³-hybridized carbons (Fsp3) is 0.562. The maximum atomic E-state index is 12.3. The van der Waals surface area contributed by atoms with Crippen LogP contribution in [0, 0.1) is 0 Å². The van der Waals surface area contributed by atoms with Crippen molar-refractivity contribution in [3.63, 3.8) is 0 Å². The summed E-state index contributed by atoms with van der Waals surface area (Å²) in [6.07, 6.45) is 1.56. The molecule has 1 aliphatic rings. The first-order valence-electron chi connectivity index (χ1n) is 7.44. The van der Waals surface area contributed by atoms with Crippen LogP contribution in [-0.2, 0) is 11.2 Å². The second-order valence-corrected chi connectivity index (χ2v) is 5.75. The number of nitrogens with one attached hydrogen (secondary N) is 1. The molecule has 3 N–H and O–H groups in total. The molecule has 21 heavy (non-hydrogen) atoms. The minimum atomic E-state index is -0.906. The maximum Gasteiger partial charge on any atom is 0.244 e. The van der Waals surface area contributed by atoms with Gasteiger partial charge in [-0.05, 0) is 33.3 Å². The van der Waals surface area contributed by atoms with Gasteiger partial charge in [0.25, 0.3) is 0 Å². The number of carbonyl (C=O) groups excluding carboxylic acids is 1. The van der Waals surface area contributed by atoms with E-state index < -0.39 is 5.54 Å². The normalized spacial score (nSPS) is 19.4. The molecule has 0 aromatic heterocycles. The summed E-state index contributed by atoms with van der Waals surface area (Å²) < 4.78 is 11.4. The first-order chi connectivity index (χ1) is 9.87. The Morgan fingerprint density at radius 1 is 1.52 bits per heavy atom. The first-order valence-corrected chi connectivity index (χ1v) is 7.44. The summed E-state index contributed by atoms with van der Waals surface area (Å²) >= 11 is 0. The maximum absolute atomic E-state index is 12.3. The van der Waals surface area contributed by atoms with Gasteiger partial charge in [0.2, 0.25) is 5.91 Å². The highest BCUT2D eigenvalue weighted by Crippen LogP contribution is 2.38. The molecule has 0 fully saturated rings. The smallest absolute Gasteiger partial charge is 0.244 e. The molecule has 0 bridgehead atoms. The van der Waals surface area contributed by atoms with Gasteiger partial charge in [-0.3, -0.25) is 4.79 Å². The van der Waals surface area contributed by atoms with E-state index in [4.69, 9.17) is 15.2 Å². The summed E-state index contributed by atoms with van der Waals surface area (Å²) in [6.45, 7) is 8.07. The molecule has 0 saturated carbocycles. The molecule has 0 spiro atoms. The fourth-order valence-corrected chi connectivity index (χ4v) is 2.24. The molecule has 0 aliphatic carbocycles. The molecule has 5 heteroatoms. The van der Waals surface area contributed by atoms with Gasteiger partial charge in [-0.25, -0.2) is 0 Å². The molecule has 1 aromatic carbocycles. The number of anilines is 1. The molecule has 5 nitrogen and oxygen atoms in total. The van der Waals surface area contributed by atoms with Crippen molar-refractivity contribution in [1.29, 1.82) is 0 Å². The minimum absolute atomic E-state index is 0.149. The number of benzene rings is 1. The van der Waals surface area contributed by atoms with Crippen molar-refractivity contribution >= 4 is 11.6 Å². The molecule has 0 radical (unpaired) electrons. The van der Waals surface area contributed by atoms with Gasteiger partial charge in [-0.15, -0.1) is 0 Å². The standard InChI is InChI=1S/C16H24N2O3/c1-5-16(4,17)15(19)18-12-9-13-11(7-10(3)21-13)8-14(12)20-6-2/h8-10H,5-7,17H2,1-4H3,(H,18,19). The molecule has 1 amide bonds. The van der Waals surface area contributed by atoms with Crippen LogP contribution < -0.4 is 20.5 Å². The van der Waals surface area contributed by atoms with Gasteiger partial charge in [0, 0.05) is 18.1 Å². The van der Waals surface area contributed by atoms with E-state index in [1.54, 1.807) is 6.92 Å². The van der Waals surface area contributed by atoms with Crippen LogP contribution in [0.3, 0.4) is 0 Å². The number of carbonyl (C=O) groups is 1. The van der Waals surface area contributed by atoms with Crippen molar-refractivity contribution in [1.82, 2.24) is 0 Å². The number of fused-ring (bicyclic) bond motifs is 1. The fourth-order valence-electron chi connectivity index (χ4n) is 2.24. The number of nitrogens with two attached hydrogens (primary N) is 1. The van der Waals surface area contributed by atoms with Crippen LogP contribution in [0.15, 0.2) is 12.1 Å². The van der Waals surface area contributed by atoms with E-state index in [-0.39, 0.29) is 12.0 Å². The largest absolute Gasteiger partial charge is 0.492 e. The highest BCUT2D eigenvalue weighted by atomic mass is 16.5. The summed E-state index contributed by atoms with van der Waals surface area (Å²) in [6, 6.07) is 3.77. The average Bonchev–Trinajstić information content (AvgIpc) is 2.78. The lowest BCUT2D eigenvalue weighted by molar-refractivity contribution is -0.120. The van der Waals surface area contributed by atoms with E-state index in [0.717, 1.165) is 17.7 Å². The number of hydrogen-bond acceptors (Lipinski definition) is 4. The Morgan fingerprint density at radius 3 is 2.86 bits per heavy atom. The van der Waals surface area contributed by atoms with Crippen LogP contribution in [0.5, 0.6) is 11.5 Å². The molecule has 1 aromatic rings. The number of rotatable bonds is 5. The van der Waals surface area contributed by atoms with E-state index in [1.807, 2.05) is 32.9 Å². The molecule has 2 atom stereocenters. The van der Waals surface area contributed by atoms with Crippen molar-refractivity contribution < 1.29 is 14.3 Å². The lowest BCUT2D eigenvalue weighted by Gasteiger charge is -2.22. The summed E-state index contributed by atoms with van der Waals surface area (Å²) in [7, 11) is 0. The minimum Gasteiger partial charge on any atom is -0.492 e. The lowest BCUT2D eigenvalue weighted by atomic mass is 9.99. The molecular formula is C16H24N2O3. The Morgan fingerprint density at radius 2 is 2.24 bits per heavy atom. The Balaban J connectivity index is 2.30. The van der Waals surface area contributed by atoms with Gasteiger partial charge in [0.1, 0.15) is 17.6 Å². The summed E-state index contributed by atoms with van der Waals surface area (Å²) in [5.74, 6) is 1.24. The van der Waals surface area contributed by atoms with Crippen LogP contribution in [0.25, 0.3) is 0 Å². The molecule has 1 aliphatic heterocycles. The Hall–Kier alpha value is -1.75. The number of amides is 1. The Bertz CT molecular complexity index is 541. The number of ether oxygens (including phenoxy) is 2. The second-order valence-electron chi connectivity index (χ2n) is 5.75. The van der Waals surface area contributed by atoms with Crippen LogP contribution in [-0.4, -0.2) is 24.2 Å². The zero-order valence-corrected chi connectivity index (χ0v) is 13.2. The summed E-state index contributed by atoms with van der Waals surface area (Å²) in [4.78, 5) is 12.3. The van der Waals surface area contributed by atoms with Crippen LogP contribution >= 0.6 is 0 Å². The van der Waals surface area contributed by atoms with Gasteiger partial charge >= 0.3 is 0 Å². The van der Waals surface area contributed by atoms with E-state index >= 15 is 0 Å². The predicted molar refractivity (Wildman–Crippen MR) is 82.9 cm³/mol. The second kappa shape index (κ2) is 5.93. The summed E-state index contributed by atoms with van der Waals surface area (Å²) in [5, 5.41) is 2.86. The van der Waals surface area contributed by atoms with Crippen molar-refractivity contribution in [3.8, 4) is 11.5 Å². The molecule has 0 saturated heterocycles. The van der Waals surface area contributed by atoms with E-state index in [9.17, 15) is 4.79 Å². The Labute approximate surface area is 125 Å². The first kappa shape index (κ1) is 15.6. The molecule has 116 valence electrons. The van der Waals surface area contributed by atoms with Gasteiger partial charge < -0.3 is 20.5 Å². The van der Waals surface area contributed by atoms with Crippen LogP contribution in [0.4, 0.5) is 5.69 Å². The molecular weight excluding hydrogens is 268 g/mol. The zero-order chi connectivity index (χ0) is 15.6. The van der Waals surface area contributed by atoms with Gasteiger partial charge in [0.15, 0.2) is 0 Å². The molecule has 1 heterocycles. The van der Waals surface area contributed by atoms with Gasteiger partial charge in [-0.2, -0.15) is 0 Å².